The van der Waals surface area contributed by atoms with Crippen LogP contribution in [-0.2, 0) is 14.3 Å². The number of aliphatic hydroxyl groups excluding tert-OH is 1. The summed E-state index contributed by atoms with van der Waals surface area (Å²) >= 11 is 0.864. The predicted octanol–water partition coefficient (Wildman–Crippen LogP) is 3.37. The van der Waals surface area contributed by atoms with Crippen molar-refractivity contribution in [1.29, 1.82) is 0 Å². The zero-order valence-corrected chi connectivity index (χ0v) is 17.9. The maximum atomic E-state index is 12.6. The molecule has 1 heterocycles. The average molecular weight is 462 g/mol. The second kappa shape index (κ2) is 10.8. The zero-order valence-electron chi connectivity index (χ0n) is 17.1. The Morgan fingerprint density at radius 1 is 1.28 bits per heavy atom. The van der Waals surface area contributed by atoms with Gasteiger partial charge in [-0.1, -0.05) is 17.4 Å². The number of anilines is 1. The molecule has 0 fully saturated rings. The lowest BCUT2D eigenvalue weighted by Crippen LogP contribution is -2.14. The van der Waals surface area contributed by atoms with Gasteiger partial charge in [0.2, 0.25) is 0 Å². The number of carboxylic acids is 1. The van der Waals surface area contributed by atoms with Crippen LogP contribution in [0, 0.1) is 6.92 Å². The lowest BCUT2D eigenvalue weighted by Gasteiger charge is -2.06. The molecule has 2 aromatic rings. The molecule has 0 saturated heterocycles. The number of carbonyl (C=O) groups is 4. The molecule has 2 rings (SSSR count). The van der Waals surface area contributed by atoms with Gasteiger partial charge in [0, 0.05) is 0 Å². The first-order valence-corrected chi connectivity index (χ1v) is 9.75. The first-order valence-electron chi connectivity index (χ1n) is 8.93. The first-order chi connectivity index (χ1) is 15.2. The molecule has 0 saturated carbocycles. The van der Waals surface area contributed by atoms with Gasteiger partial charge in [-0.2, -0.15) is 0 Å². The fourth-order valence-corrected chi connectivity index (χ4v) is 3.17. The lowest BCUT2D eigenvalue weighted by molar-refractivity contribution is -0.120. The van der Waals surface area contributed by atoms with E-state index in [0.29, 0.717) is 5.69 Å². The van der Waals surface area contributed by atoms with Crippen LogP contribution in [0.5, 0.6) is 5.75 Å². The van der Waals surface area contributed by atoms with Crippen molar-refractivity contribution in [2.45, 2.75) is 20.8 Å². The summed E-state index contributed by atoms with van der Waals surface area (Å²) < 4.78 is 9.62. The number of allylic oxidation sites excluding steroid dienone is 1. The fourth-order valence-electron chi connectivity index (χ4n) is 2.32. The number of nitrogens with zero attached hydrogens (tertiary/aromatic N) is 3. The number of esters is 1. The molecule has 0 aliphatic rings. The number of nitrogens with one attached hydrogen (secondary N) is 1. The average Bonchev–Trinajstić information content (AvgIpc) is 3.09. The summed E-state index contributed by atoms with van der Waals surface area (Å²) in [5.74, 6) is -3.64. The standard InChI is InChI=1S/C19H18N4O8S/c1-4-30-18(29)15-9(2)20-19(32-15)21-16(26)13(10(3)25)22-23-14-11(17(27)28)6-5-7-12(14)31-8-24/h5-8,25H,4H2,1-3H3,(H,27,28)(H,20,21,26)/b13-10+,23-22?. The zero-order chi connectivity index (χ0) is 23.8. The molecule has 168 valence electrons. The fraction of sp³-hybridized carbons (Fsp3) is 0.211. The summed E-state index contributed by atoms with van der Waals surface area (Å²) in [7, 11) is 0. The van der Waals surface area contributed by atoms with Crippen LogP contribution in [0.4, 0.5) is 10.8 Å². The molecule has 1 aromatic heterocycles. The van der Waals surface area contributed by atoms with Gasteiger partial charge >= 0.3 is 11.9 Å². The molecule has 0 unspecified atom stereocenters. The summed E-state index contributed by atoms with van der Waals surface area (Å²) in [4.78, 5) is 50.9. The van der Waals surface area contributed by atoms with Crippen molar-refractivity contribution in [3.8, 4) is 5.75 Å². The molecule has 0 spiro atoms. The van der Waals surface area contributed by atoms with Crippen LogP contribution >= 0.6 is 11.3 Å². The number of azo groups is 1. The van der Waals surface area contributed by atoms with E-state index in [2.05, 4.69) is 20.5 Å². The Balaban J connectivity index is 2.34. The van der Waals surface area contributed by atoms with Crippen LogP contribution in [0.2, 0.25) is 0 Å². The number of thiazole rings is 1. The predicted molar refractivity (Wildman–Crippen MR) is 111 cm³/mol. The lowest BCUT2D eigenvalue weighted by atomic mass is 10.1. The summed E-state index contributed by atoms with van der Waals surface area (Å²) in [6.07, 6.45) is 0. The van der Waals surface area contributed by atoms with Crippen LogP contribution in [0.1, 0.15) is 39.6 Å². The third-order valence-electron chi connectivity index (χ3n) is 3.69. The summed E-state index contributed by atoms with van der Waals surface area (Å²) in [5.41, 5.74) is -0.915. The van der Waals surface area contributed by atoms with E-state index in [-0.39, 0.29) is 40.1 Å². The number of carboxylic acid groups (broad SMARTS) is 1. The number of aryl methyl sites for hydroxylation is 1. The summed E-state index contributed by atoms with van der Waals surface area (Å²) in [6.45, 7) is 4.62. The molecule has 12 nitrogen and oxygen atoms in total. The van der Waals surface area contributed by atoms with Gasteiger partial charge in [0.1, 0.15) is 16.3 Å². The third kappa shape index (κ3) is 5.72. The number of hydrogen-bond donors (Lipinski definition) is 3. The molecule has 0 radical (unpaired) electrons. The van der Waals surface area contributed by atoms with Crippen LogP contribution in [0.25, 0.3) is 0 Å². The molecule has 0 aliphatic heterocycles. The Morgan fingerprint density at radius 3 is 2.59 bits per heavy atom. The van der Waals surface area contributed by atoms with Gasteiger partial charge in [0.25, 0.3) is 12.4 Å². The highest BCUT2D eigenvalue weighted by atomic mass is 32.1. The van der Waals surface area contributed by atoms with Gasteiger partial charge in [-0.15, -0.1) is 10.2 Å². The first kappa shape index (κ1) is 24.1. The highest BCUT2D eigenvalue weighted by Gasteiger charge is 2.21. The van der Waals surface area contributed by atoms with Crippen molar-refractivity contribution in [2.24, 2.45) is 10.2 Å². The number of carbonyl (C=O) groups excluding carboxylic acids is 3. The number of benzene rings is 1. The Morgan fingerprint density at radius 2 is 2.00 bits per heavy atom. The van der Waals surface area contributed by atoms with Gasteiger partial charge in [-0.25, -0.2) is 14.6 Å². The third-order valence-corrected chi connectivity index (χ3v) is 4.74. The molecule has 1 amide bonds. The van der Waals surface area contributed by atoms with E-state index in [1.165, 1.54) is 18.2 Å². The van der Waals surface area contributed by atoms with Crippen molar-refractivity contribution in [3.05, 3.63) is 45.8 Å². The van der Waals surface area contributed by atoms with Gasteiger partial charge in [-0.05, 0) is 32.9 Å². The highest BCUT2D eigenvalue weighted by Crippen LogP contribution is 2.32. The Hall–Kier alpha value is -4.13. The molecular formula is C19H18N4O8S. The van der Waals surface area contributed by atoms with E-state index in [1.54, 1.807) is 13.8 Å². The molecular weight excluding hydrogens is 444 g/mol. The SMILES string of the molecule is CCOC(=O)c1sc(NC(=O)/C(N=Nc2c(OC=O)cccc2C(=O)O)=C(/C)O)nc1C. The Labute approximate surface area is 185 Å². The second-order valence-corrected chi connectivity index (χ2v) is 6.91. The minimum absolute atomic E-state index is 0.0421. The maximum Gasteiger partial charge on any atom is 0.350 e. The second-order valence-electron chi connectivity index (χ2n) is 5.91. The van der Waals surface area contributed by atoms with Gasteiger partial charge < -0.3 is 19.7 Å². The van der Waals surface area contributed by atoms with Crippen molar-refractivity contribution in [1.82, 2.24) is 4.98 Å². The van der Waals surface area contributed by atoms with E-state index in [1.807, 2.05) is 0 Å². The molecule has 0 atom stereocenters. The topological polar surface area (TPSA) is 177 Å². The smallest absolute Gasteiger partial charge is 0.350 e. The quantitative estimate of drug-likeness (QED) is 0.166. The number of aromatic nitrogens is 1. The number of aliphatic hydroxyl groups is 1. The number of aromatic carboxylic acids is 1. The van der Waals surface area contributed by atoms with Gasteiger partial charge in [0.05, 0.1) is 17.9 Å². The monoisotopic (exact) mass is 462 g/mol. The number of hydrogen-bond acceptors (Lipinski definition) is 11. The number of rotatable bonds is 9. The van der Waals surface area contributed by atoms with Crippen LogP contribution in [-0.4, -0.2) is 46.1 Å². The van der Waals surface area contributed by atoms with Gasteiger partial charge in [-0.3, -0.25) is 14.9 Å². The van der Waals surface area contributed by atoms with E-state index in [9.17, 15) is 29.4 Å². The molecule has 0 bridgehead atoms. The Kier molecular flexibility index (Phi) is 8.12. The van der Waals surface area contributed by atoms with E-state index in [0.717, 1.165) is 18.3 Å². The van der Waals surface area contributed by atoms with E-state index < -0.39 is 29.3 Å². The highest BCUT2D eigenvalue weighted by molar-refractivity contribution is 7.17. The van der Waals surface area contributed by atoms with Crippen LogP contribution < -0.4 is 10.1 Å². The van der Waals surface area contributed by atoms with Gasteiger partial charge in [0.15, 0.2) is 16.6 Å². The van der Waals surface area contributed by atoms with Crippen molar-refractivity contribution in [2.75, 3.05) is 11.9 Å². The Bertz CT molecular complexity index is 1120. The minimum atomic E-state index is -1.38. The molecule has 0 aliphatic carbocycles. The maximum absolute atomic E-state index is 12.6. The number of amides is 1. The molecule has 32 heavy (non-hydrogen) atoms. The molecule has 1 aromatic carbocycles. The molecule has 3 N–H and O–H groups in total. The van der Waals surface area contributed by atoms with Crippen molar-refractivity contribution in [3.63, 3.8) is 0 Å². The van der Waals surface area contributed by atoms with Crippen LogP contribution in [0.3, 0.4) is 0 Å². The van der Waals surface area contributed by atoms with Crippen molar-refractivity contribution < 1.29 is 38.9 Å². The van der Waals surface area contributed by atoms with Crippen LogP contribution in [0.15, 0.2) is 39.9 Å². The molecule has 13 heteroatoms. The summed E-state index contributed by atoms with van der Waals surface area (Å²) in [6, 6.07) is 3.80. The summed E-state index contributed by atoms with van der Waals surface area (Å²) in [5, 5.41) is 29.0. The van der Waals surface area contributed by atoms with Crippen molar-refractivity contribution >= 4 is 46.5 Å². The van der Waals surface area contributed by atoms with E-state index >= 15 is 0 Å². The largest absolute Gasteiger partial charge is 0.510 e. The normalized spacial score (nSPS) is 11.6. The number of ether oxygens (including phenoxy) is 2. The van der Waals surface area contributed by atoms with E-state index in [4.69, 9.17) is 9.47 Å². The minimum Gasteiger partial charge on any atom is -0.510 e.